The van der Waals surface area contributed by atoms with Crippen molar-refractivity contribution in [3.05, 3.63) is 89.5 Å². The van der Waals surface area contributed by atoms with Crippen molar-refractivity contribution in [3.63, 3.8) is 0 Å². The molecule has 0 aromatic heterocycles. The van der Waals surface area contributed by atoms with Gasteiger partial charge in [-0.3, -0.25) is 20.4 Å². The van der Waals surface area contributed by atoms with E-state index >= 15 is 0 Å². The van der Waals surface area contributed by atoms with Crippen LogP contribution in [0.3, 0.4) is 0 Å². The Morgan fingerprint density at radius 1 is 0.719 bits per heavy atom. The summed E-state index contributed by atoms with van der Waals surface area (Å²) in [5.74, 6) is 1.03. The van der Waals surface area contributed by atoms with Crippen LogP contribution in [-0.4, -0.2) is 31.6 Å². The molecule has 0 atom stereocenters. The van der Waals surface area contributed by atoms with Crippen LogP contribution < -0.4 is 25.1 Å². The molecule has 2 amide bonds. The average Bonchev–Trinajstić information content (AvgIpc) is 2.81. The quantitative estimate of drug-likeness (QED) is 0.397. The van der Waals surface area contributed by atoms with E-state index in [1.54, 1.807) is 24.3 Å². The molecule has 0 saturated carbocycles. The summed E-state index contributed by atoms with van der Waals surface area (Å²) >= 11 is 0. The lowest BCUT2D eigenvalue weighted by atomic mass is 10.1. The summed E-state index contributed by atoms with van der Waals surface area (Å²) in [6, 6.07) is 21.9. The predicted octanol–water partition coefficient (Wildman–Crippen LogP) is 3.60. The summed E-state index contributed by atoms with van der Waals surface area (Å²) < 4.78 is 16.8. The molecule has 0 aliphatic rings. The number of rotatable bonds is 9. The molecular weight excluding hydrogens is 408 g/mol. The summed E-state index contributed by atoms with van der Waals surface area (Å²) in [7, 11) is 0. The average molecular weight is 434 g/mol. The van der Waals surface area contributed by atoms with Gasteiger partial charge in [-0.2, -0.15) is 0 Å². The fraction of sp³-hybridized carbons (Fsp3) is 0.200. The van der Waals surface area contributed by atoms with Crippen LogP contribution in [0.5, 0.6) is 17.2 Å². The number of benzene rings is 3. The number of hydrogen-bond acceptors (Lipinski definition) is 5. The lowest BCUT2D eigenvalue weighted by molar-refractivity contribution is -0.123. The molecule has 0 fully saturated rings. The minimum absolute atomic E-state index is 0.212. The number of aryl methyl sites for hydroxylation is 2. The van der Waals surface area contributed by atoms with Gasteiger partial charge < -0.3 is 14.2 Å². The van der Waals surface area contributed by atoms with Gasteiger partial charge in [0.2, 0.25) is 0 Å². The van der Waals surface area contributed by atoms with Gasteiger partial charge in [0, 0.05) is 5.56 Å². The number of hydrogen-bond donors (Lipinski definition) is 2. The van der Waals surface area contributed by atoms with Gasteiger partial charge in [-0.15, -0.1) is 0 Å². The molecule has 0 unspecified atom stereocenters. The summed E-state index contributed by atoms with van der Waals surface area (Å²) in [4.78, 5) is 24.4. The number of amides is 2. The predicted molar refractivity (Wildman–Crippen MR) is 121 cm³/mol. The van der Waals surface area contributed by atoms with Crippen LogP contribution >= 0.6 is 0 Å². The second-order valence-corrected chi connectivity index (χ2v) is 7.05. The van der Waals surface area contributed by atoms with Crippen LogP contribution in [0.4, 0.5) is 0 Å². The molecule has 166 valence electrons. The van der Waals surface area contributed by atoms with E-state index in [9.17, 15) is 9.59 Å². The Labute approximate surface area is 187 Å². The van der Waals surface area contributed by atoms with Gasteiger partial charge in [0.25, 0.3) is 11.8 Å². The van der Waals surface area contributed by atoms with E-state index in [4.69, 9.17) is 14.2 Å². The van der Waals surface area contributed by atoms with Gasteiger partial charge in [-0.25, -0.2) is 0 Å². The zero-order valence-corrected chi connectivity index (χ0v) is 18.1. The van der Waals surface area contributed by atoms with E-state index in [-0.39, 0.29) is 6.61 Å². The molecule has 7 nitrogen and oxygen atoms in total. The molecule has 0 heterocycles. The molecule has 0 saturated heterocycles. The first-order valence-electron chi connectivity index (χ1n) is 10.2. The Hall–Kier alpha value is -4.00. The zero-order chi connectivity index (χ0) is 22.8. The molecular formula is C25H26N2O5. The van der Waals surface area contributed by atoms with Crippen molar-refractivity contribution in [2.24, 2.45) is 0 Å². The molecule has 32 heavy (non-hydrogen) atoms. The van der Waals surface area contributed by atoms with Crippen molar-refractivity contribution >= 4 is 11.8 Å². The Morgan fingerprint density at radius 3 is 2.06 bits per heavy atom. The van der Waals surface area contributed by atoms with Gasteiger partial charge in [-0.05, 0) is 55.3 Å². The Morgan fingerprint density at radius 2 is 1.34 bits per heavy atom. The van der Waals surface area contributed by atoms with Crippen molar-refractivity contribution in [2.75, 3.05) is 19.8 Å². The number of ether oxygens (including phenoxy) is 3. The topological polar surface area (TPSA) is 85.9 Å². The molecule has 3 rings (SSSR count). The van der Waals surface area contributed by atoms with Crippen molar-refractivity contribution in [1.29, 1.82) is 0 Å². The Bertz CT molecular complexity index is 1030. The Kier molecular flexibility index (Phi) is 8.09. The summed E-state index contributed by atoms with van der Waals surface area (Å²) in [5.41, 5.74) is 6.96. The molecule has 3 aromatic carbocycles. The second-order valence-electron chi connectivity index (χ2n) is 7.05. The minimum atomic E-state index is -0.466. The molecule has 0 spiro atoms. The number of hydrazine groups is 1. The van der Waals surface area contributed by atoms with Gasteiger partial charge in [0.1, 0.15) is 30.5 Å². The van der Waals surface area contributed by atoms with Crippen LogP contribution in [0.25, 0.3) is 0 Å². The number of para-hydroxylation sites is 2. The van der Waals surface area contributed by atoms with E-state index in [0.717, 1.165) is 16.9 Å². The maximum atomic E-state index is 12.4. The monoisotopic (exact) mass is 434 g/mol. The van der Waals surface area contributed by atoms with Gasteiger partial charge in [0.05, 0.1) is 0 Å². The lowest BCUT2D eigenvalue weighted by Gasteiger charge is -2.13. The van der Waals surface area contributed by atoms with Crippen LogP contribution in [0.2, 0.25) is 0 Å². The molecule has 0 radical (unpaired) electrons. The largest absolute Gasteiger partial charge is 0.490 e. The molecule has 3 aromatic rings. The van der Waals surface area contributed by atoms with Crippen molar-refractivity contribution in [2.45, 2.75) is 13.8 Å². The standard InChI is InChI=1S/C25H26N2O5/c1-18-8-6-9-19(2)24(18)32-17-23(28)26-27-25(29)20-10-7-13-22(16-20)31-15-14-30-21-11-4-3-5-12-21/h3-13,16H,14-15,17H2,1-2H3,(H,26,28)(H,27,29). The lowest BCUT2D eigenvalue weighted by Crippen LogP contribution is -2.43. The number of nitrogens with one attached hydrogen (secondary N) is 2. The van der Waals surface area contributed by atoms with E-state index in [1.165, 1.54) is 0 Å². The third-order valence-electron chi connectivity index (χ3n) is 4.53. The maximum Gasteiger partial charge on any atom is 0.276 e. The van der Waals surface area contributed by atoms with Gasteiger partial charge >= 0.3 is 0 Å². The molecule has 7 heteroatoms. The zero-order valence-electron chi connectivity index (χ0n) is 18.1. The third kappa shape index (κ3) is 6.77. The van der Waals surface area contributed by atoms with Crippen LogP contribution in [0.1, 0.15) is 21.5 Å². The highest BCUT2D eigenvalue weighted by Gasteiger charge is 2.10. The highest BCUT2D eigenvalue weighted by molar-refractivity contribution is 5.95. The van der Waals surface area contributed by atoms with E-state index in [1.807, 2.05) is 62.4 Å². The molecule has 0 aliphatic heterocycles. The van der Waals surface area contributed by atoms with Crippen LogP contribution in [0.15, 0.2) is 72.8 Å². The summed E-state index contributed by atoms with van der Waals surface area (Å²) in [5, 5.41) is 0. The first kappa shape index (κ1) is 22.7. The van der Waals surface area contributed by atoms with E-state index < -0.39 is 11.8 Å². The van der Waals surface area contributed by atoms with Gasteiger partial charge in [-0.1, -0.05) is 42.5 Å². The second kappa shape index (κ2) is 11.4. The highest BCUT2D eigenvalue weighted by atomic mass is 16.5. The highest BCUT2D eigenvalue weighted by Crippen LogP contribution is 2.22. The van der Waals surface area contributed by atoms with Gasteiger partial charge in [0.15, 0.2) is 6.61 Å². The Balaban J connectivity index is 1.42. The smallest absolute Gasteiger partial charge is 0.276 e. The maximum absolute atomic E-state index is 12.4. The SMILES string of the molecule is Cc1cccc(C)c1OCC(=O)NNC(=O)c1cccc(OCCOc2ccccc2)c1. The fourth-order valence-electron chi connectivity index (χ4n) is 2.96. The third-order valence-corrected chi connectivity index (χ3v) is 4.53. The van der Waals surface area contributed by atoms with Crippen LogP contribution in [-0.2, 0) is 4.79 Å². The van der Waals surface area contributed by atoms with Crippen molar-refractivity contribution < 1.29 is 23.8 Å². The minimum Gasteiger partial charge on any atom is -0.490 e. The number of carbonyl (C=O) groups excluding carboxylic acids is 2. The molecule has 2 N–H and O–H groups in total. The van der Waals surface area contributed by atoms with E-state index in [0.29, 0.717) is 30.3 Å². The molecule has 0 bridgehead atoms. The first-order valence-corrected chi connectivity index (χ1v) is 10.2. The number of carbonyl (C=O) groups is 2. The van der Waals surface area contributed by atoms with Crippen molar-refractivity contribution in [1.82, 2.24) is 10.9 Å². The summed E-state index contributed by atoms with van der Waals surface area (Å²) in [6.07, 6.45) is 0. The van der Waals surface area contributed by atoms with Crippen molar-refractivity contribution in [3.8, 4) is 17.2 Å². The van der Waals surface area contributed by atoms with E-state index in [2.05, 4.69) is 10.9 Å². The van der Waals surface area contributed by atoms with Crippen LogP contribution in [0, 0.1) is 13.8 Å². The first-order chi connectivity index (χ1) is 15.5. The fourth-order valence-corrected chi connectivity index (χ4v) is 2.96. The normalized spacial score (nSPS) is 10.2. The summed E-state index contributed by atoms with van der Waals surface area (Å²) in [6.45, 7) is 4.30. The molecule has 0 aliphatic carbocycles.